The summed E-state index contributed by atoms with van der Waals surface area (Å²) >= 11 is 0. The molecule has 1 unspecified atom stereocenters. The predicted octanol–water partition coefficient (Wildman–Crippen LogP) is 3.63. The molecule has 22 heavy (non-hydrogen) atoms. The Morgan fingerprint density at radius 2 is 1.86 bits per heavy atom. The lowest BCUT2D eigenvalue weighted by Gasteiger charge is -2.14. The quantitative estimate of drug-likeness (QED) is 0.821. The number of rotatable bonds is 7. The number of aromatic carboxylic acids is 1. The lowest BCUT2D eigenvalue weighted by Crippen LogP contribution is -2.26. The molecule has 4 heteroatoms. The average molecular weight is 301 g/mol. The van der Waals surface area contributed by atoms with Crippen LogP contribution in [0.4, 0.5) is 4.39 Å². The average Bonchev–Trinajstić information content (AvgIpc) is 2.52. The van der Waals surface area contributed by atoms with Crippen molar-refractivity contribution in [1.29, 1.82) is 0 Å². The smallest absolute Gasteiger partial charge is 0.335 e. The summed E-state index contributed by atoms with van der Waals surface area (Å²) in [6.07, 6.45) is 1.53. The van der Waals surface area contributed by atoms with Crippen LogP contribution in [0, 0.1) is 5.82 Å². The minimum atomic E-state index is -0.919. The van der Waals surface area contributed by atoms with Gasteiger partial charge in [0.2, 0.25) is 0 Å². The minimum absolute atomic E-state index is 0.154. The van der Waals surface area contributed by atoms with E-state index in [0.29, 0.717) is 13.0 Å². The highest BCUT2D eigenvalue weighted by Crippen LogP contribution is 2.11. The molecule has 0 aromatic heterocycles. The van der Waals surface area contributed by atoms with Gasteiger partial charge in [-0.2, -0.15) is 0 Å². The van der Waals surface area contributed by atoms with Crippen LogP contribution in [0.5, 0.6) is 0 Å². The molecule has 2 aromatic carbocycles. The summed E-state index contributed by atoms with van der Waals surface area (Å²) in [5, 5.41) is 12.2. The van der Waals surface area contributed by atoms with Crippen molar-refractivity contribution in [1.82, 2.24) is 5.32 Å². The van der Waals surface area contributed by atoms with E-state index in [4.69, 9.17) is 5.11 Å². The van der Waals surface area contributed by atoms with Crippen LogP contribution in [0.2, 0.25) is 0 Å². The van der Waals surface area contributed by atoms with Gasteiger partial charge in [0.15, 0.2) is 0 Å². The molecular formula is C18H20FNO2. The van der Waals surface area contributed by atoms with Gasteiger partial charge in [0.05, 0.1) is 5.56 Å². The van der Waals surface area contributed by atoms with Crippen LogP contribution in [0.1, 0.15) is 34.8 Å². The molecule has 2 aromatic rings. The van der Waals surface area contributed by atoms with E-state index in [1.807, 2.05) is 12.1 Å². The topological polar surface area (TPSA) is 49.3 Å². The Kier molecular flexibility index (Phi) is 5.67. The fourth-order valence-corrected chi connectivity index (χ4v) is 2.23. The summed E-state index contributed by atoms with van der Waals surface area (Å²) in [6, 6.07) is 13.9. The maximum atomic E-state index is 13.5. The van der Waals surface area contributed by atoms with E-state index in [1.54, 1.807) is 30.3 Å². The van der Waals surface area contributed by atoms with Gasteiger partial charge in [0.1, 0.15) is 5.82 Å². The van der Waals surface area contributed by atoms with E-state index in [-0.39, 0.29) is 17.4 Å². The van der Waals surface area contributed by atoms with Crippen LogP contribution >= 0.6 is 0 Å². The summed E-state index contributed by atoms with van der Waals surface area (Å²) in [4.78, 5) is 10.8. The molecule has 3 nitrogen and oxygen atoms in total. The van der Waals surface area contributed by atoms with E-state index in [9.17, 15) is 9.18 Å². The standard InChI is InChI=1S/C18H20FNO2/c1-13(6-9-15-4-2-3-5-17(15)19)20-12-14-7-10-16(11-8-14)18(21)22/h2-5,7-8,10-11,13,20H,6,9,12H2,1H3,(H,21,22). The van der Waals surface area contributed by atoms with Crippen molar-refractivity contribution in [2.75, 3.05) is 0 Å². The van der Waals surface area contributed by atoms with Crippen molar-refractivity contribution < 1.29 is 14.3 Å². The molecule has 0 amide bonds. The molecule has 0 saturated heterocycles. The maximum Gasteiger partial charge on any atom is 0.335 e. The molecule has 0 aliphatic rings. The number of halogens is 1. The van der Waals surface area contributed by atoms with Gasteiger partial charge in [-0.15, -0.1) is 0 Å². The van der Waals surface area contributed by atoms with E-state index in [1.165, 1.54) is 6.07 Å². The van der Waals surface area contributed by atoms with Crippen LogP contribution in [-0.4, -0.2) is 17.1 Å². The Labute approximate surface area is 129 Å². The van der Waals surface area contributed by atoms with Crippen LogP contribution in [-0.2, 0) is 13.0 Å². The Morgan fingerprint density at radius 3 is 2.50 bits per heavy atom. The Bertz CT molecular complexity index is 625. The van der Waals surface area contributed by atoms with Gasteiger partial charge in [-0.1, -0.05) is 30.3 Å². The van der Waals surface area contributed by atoms with Crippen molar-refractivity contribution in [2.45, 2.75) is 32.4 Å². The molecule has 0 radical (unpaired) electrons. The van der Waals surface area contributed by atoms with E-state index >= 15 is 0 Å². The third kappa shape index (κ3) is 4.67. The van der Waals surface area contributed by atoms with Crippen molar-refractivity contribution in [2.24, 2.45) is 0 Å². The molecule has 0 bridgehead atoms. The predicted molar refractivity (Wildman–Crippen MR) is 84.4 cm³/mol. The number of carboxylic acids is 1. The number of nitrogens with one attached hydrogen (secondary N) is 1. The maximum absolute atomic E-state index is 13.5. The van der Waals surface area contributed by atoms with Crippen molar-refractivity contribution in [3.63, 3.8) is 0 Å². The SMILES string of the molecule is CC(CCc1ccccc1F)NCc1ccc(C(=O)O)cc1. The van der Waals surface area contributed by atoms with Crippen molar-refractivity contribution in [3.8, 4) is 0 Å². The van der Waals surface area contributed by atoms with Crippen LogP contribution in [0.3, 0.4) is 0 Å². The molecule has 2 rings (SSSR count). The second-order valence-corrected chi connectivity index (χ2v) is 5.41. The Hall–Kier alpha value is -2.20. The normalized spacial score (nSPS) is 12.1. The molecule has 0 heterocycles. The highest BCUT2D eigenvalue weighted by Gasteiger charge is 2.06. The highest BCUT2D eigenvalue weighted by atomic mass is 19.1. The second-order valence-electron chi connectivity index (χ2n) is 5.41. The first-order valence-electron chi connectivity index (χ1n) is 7.35. The summed E-state index contributed by atoms with van der Waals surface area (Å²) in [7, 11) is 0. The van der Waals surface area contributed by atoms with Crippen LogP contribution < -0.4 is 5.32 Å². The van der Waals surface area contributed by atoms with Gasteiger partial charge in [-0.25, -0.2) is 9.18 Å². The third-order valence-electron chi connectivity index (χ3n) is 3.66. The van der Waals surface area contributed by atoms with Gasteiger partial charge >= 0.3 is 5.97 Å². The van der Waals surface area contributed by atoms with Gasteiger partial charge in [0, 0.05) is 12.6 Å². The number of aryl methyl sites for hydroxylation is 1. The molecule has 116 valence electrons. The summed E-state index contributed by atoms with van der Waals surface area (Å²) in [5.74, 6) is -1.07. The fourth-order valence-electron chi connectivity index (χ4n) is 2.23. The molecule has 1 atom stereocenters. The molecule has 0 saturated carbocycles. The molecule has 0 spiro atoms. The zero-order valence-electron chi connectivity index (χ0n) is 12.6. The Balaban J connectivity index is 1.79. The zero-order valence-corrected chi connectivity index (χ0v) is 12.6. The van der Waals surface area contributed by atoms with Gasteiger partial charge in [-0.3, -0.25) is 0 Å². The monoisotopic (exact) mass is 301 g/mol. The van der Waals surface area contributed by atoms with E-state index < -0.39 is 5.97 Å². The van der Waals surface area contributed by atoms with Crippen molar-refractivity contribution >= 4 is 5.97 Å². The summed E-state index contributed by atoms with van der Waals surface area (Å²) in [6.45, 7) is 2.73. The first kappa shape index (κ1) is 16.2. The lowest BCUT2D eigenvalue weighted by atomic mass is 10.1. The first-order chi connectivity index (χ1) is 10.6. The van der Waals surface area contributed by atoms with Crippen LogP contribution in [0.15, 0.2) is 48.5 Å². The number of carbonyl (C=O) groups is 1. The van der Waals surface area contributed by atoms with Gasteiger partial charge in [-0.05, 0) is 49.1 Å². The largest absolute Gasteiger partial charge is 0.478 e. The highest BCUT2D eigenvalue weighted by molar-refractivity contribution is 5.87. The first-order valence-corrected chi connectivity index (χ1v) is 7.35. The van der Waals surface area contributed by atoms with E-state index in [2.05, 4.69) is 12.2 Å². The molecule has 0 aliphatic heterocycles. The third-order valence-corrected chi connectivity index (χ3v) is 3.66. The molecule has 0 aliphatic carbocycles. The second kappa shape index (κ2) is 7.71. The number of hydrogen-bond donors (Lipinski definition) is 2. The zero-order chi connectivity index (χ0) is 15.9. The Morgan fingerprint density at radius 1 is 1.18 bits per heavy atom. The summed E-state index contributed by atoms with van der Waals surface area (Å²) in [5.41, 5.74) is 2.06. The van der Waals surface area contributed by atoms with Gasteiger partial charge in [0.25, 0.3) is 0 Å². The number of hydrogen-bond acceptors (Lipinski definition) is 2. The molecular weight excluding hydrogens is 281 g/mol. The molecule has 2 N–H and O–H groups in total. The lowest BCUT2D eigenvalue weighted by molar-refractivity contribution is 0.0697. The van der Waals surface area contributed by atoms with Crippen molar-refractivity contribution in [3.05, 3.63) is 71.0 Å². The van der Waals surface area contributed by atoms with E-state index in [0.717, 1.165) is 17.5 Å². The molecule has 0 fully saturated rings. The number of benzene rings is 2. The van der Waals surface area contributed by atoms with Crippen LogP contribution in [0.25, 0.3) is 0 Å². The summed E-state index contributed by atoms with van der Waals surface area (Å²) < 4.78 is 13.5. The minimum Gasteiger partial charge on any atom is -0.478 e. The fraction of sp³-hybridized carbons (Fsp3) is 0.278. The number of carboxylic acid groups (broad SMARTS) is 1. The van der Waals surface area contributed by atoms with Gasteiger partial charge < -0.3 is 10.4 Å².